The van der Waals surface area contributed by atoms with Gasteiger partial charge in [0.25, 0.3) is 0 Å². The van der Waals surface area contributed by atoms with E-state index in [1.807, 2.05) is 18.7 Å². The number of hydrogen-bond donors (Lipinski definition) is 1. The van der Waals surface area contributed by atoms with Crippen LogP contribution >= 0.6 is 0 Å². The maximum absolute atomic E-state index is 12.2. The Hall–Kier alpha value is -1.14. The number of rotatable bonds is 6. The number of amides is 2. The Labute approximate surface area is 121 Å². The van der Waals surface area contributed by atoms with E-state index >= 15 is 0 Å². The Morgan fingerprint density at radius 1 is 1.10 bits per heavy atom. The van der Waals surface area contributed by atoms with Crippen LogP contribution in [0.25, 0.3) is 0 Å². The summed E-state index contributed by atoms with van der Waals surface area (Å²) >= 11 is 0. The molecule has 1 atom stereocenters. The highest BCUT2D eigenvalue weighted by Gasteiger charge is 2.27. The molecule has 0 aromatic carbocycles. The van der Waals surface area contributed by atoms with Crippen molar-refractivity contribution in [3.63, 3.8) is 0 Å². The minimum absolute atomic E-state index is 0.00792. The monoisotopic (exact) mass is 285 g/mol. The average Bonchev–Trinajstić information content (AvgIpc) is 2.46. The van der Waals surface area contributed by atoms with Crippen LogP contribution in [0.15, 0.2) is 0 Å². The molecule has 1 aliphatic rings. The summed E-state index contributed by atoms with van der Waals surface area (Å²) in [6.07, 6.45) is 1.42. The van der Waals surface area contributed by atoms with E-state index < -0.39 is 6.04 Å². The lowest BCUT2D eigenvalue weighted by atomic mass is 10.1. The number of carbonyl (C=O) groups excluding carboxylic acids is 2. The van der Waals surface area contributed by atoms with Gasteiger partial charge in [-0.25, -0.2) is 0 Å². The molecule has 6 heteroatoms. The van der Waals surface area contributed by atoms with Crippen LogP contribution in [0, 0.1) is 5.92 Å². The van der Waals surface area contributed by atoms with Crippen LogP contribution < -0.4 is 5.73 Å². The third kappa shape index (κ3) is 4.76. The summed E-state index contributed by atoms with van der Waals surface area (Å²) in [6.45, 7) is 6.78. The van der Waals surface area contributed by atoms with Crippen LogP contribution in [-0.2, 0) is 14.3 Å². The van der Waals surface area contributed by atoms with Gasteiger partial charge in [-0.3, -0.25) is 9.59 Å². The quantitative estimate of drug-likeness (QED) is 0.701. The first-order valence-electron chi connectivity index (χ1n) is 7.29. The van der Waals surface area contributed by atoms with Gasteiger partial charge < -0.3 is 20.3 Å². The summed E-state index contributed by atoms with van der Waals surface area (Å²) in [6, 6.07) is -0.461. The molecule has 1 rings (SSSR count). The predicted molar refractivity (Wildman–Crippen MR) is 77.1 cm³/mol. The Morgan fingerprint density at radius 2 is 1.60 bits per heavy atom. The summed E-state index contributed by atoms with van der Waals surface area (Å²) in [7, 11) is 1.64. The van der Waals surface area contributed by atoms with Crippen molar-refractivity contribution in [3.05, 3.63) is 0 Å². The zero-order valence-corrected chi connectivity index (χ0v) is 12.8. The van der Waals surface area contributed by atoms with Gasteiger partial charge in [0, 0.05) is 45.8 Å². The number of hydrogen-bond acceptors (Lipinski definition) is 4. The van der Waals surface area contributed by atoms with E-state index in [2.05, 4.69) is 0 Å². The fourth-order valence-electron chi connectivity index (χ4n) is 2.32. The lowest BCUT2D eigenvalue weighted by Crippen LogP contribution is -2.54. The van der Waals surface area contributed by atoms with Gasteiger partial charge in [0.1, 0.15) is 0 Å². The van der Waals surface area contributed by atoms with Gasteiger partial charge in [-0.1, -0.05) is 13.8 Å². The van der Waals surface area contributed by atoms with Gasteiger partial charge in [0.2, 0.25) is 11.8 Å². The van der Waals surface area contributed by atoms with Crippen LogP contribution in [0.2, 0.25) is 0 Å². The molecule has 0 aliphatic carbocycles. The minimum atomic E-state index is -0.461. The van der Waals surface area contributed by atoms with Crippen LogP contribution in [0.3, 0.4) is 0 Å². The van der Waals surface area contributed by atoms with Crippen molar-refractivity contribution in [2.75, 3.05) is 39.9 Å². The van der Waals surface area contributed by atoms with Crippen molar-refractivity contribution < 1.29 is 14.3 Å². The fourth-order valence-corrected chi connectivity index (χ4v) is 2.32. The molecule has 1 unspecified atom stereocenters. The van der Waals surface area contributed by atoms with Gasteiger partial charge >= 0.3 is 0 Å². The van der Waals surface area contributed by atoms with Crippen molar-refractivity contribution in [2.45, 2.75) is 32.7 Å². The van der Waals surface area contributed by atoms with Gasteiger partial charge in [-0.15, -0.1) is 0 Å². The van der Waals surface area contributed by atoms with E-state index in [9.17, 15) is 9.59 Å². The summed E-state index contributed by atoms with van der Waals surface area (Å²) in [5.41, 5.74) is 5.90. The Morgan fingerprint density at radius 3 is 2.05 bits per heavy atom. The molecule has 116 valence electrons. The van der Waals surface area contributed by atoms with Crippen molar-refractivity contribution in [1.82, 2.24) is 9.80 Å². The van der Waals surface area contributed by atoms with E-state index in [0.717, 1.165) is 6.42 Å². The molecule has 1 aliphatic heterocycles. The van der Waals surface area contributed by atoms with Gasteiger partial charge in [-0.05, 0) is 12.8 Å². The lowest BCUT2D eigenvalue weighted by molar-refractivity contribution is -0.142. The fraction of sp³-hybridized carbons (Fsp3) is 0.857. The first-order valence-corrected chi connectivity index (χ1v) is 7.29. The molecule has 20 heavy (non-hydrogen) atoms. The zero-order valence-electron chi connectivity index (χ0n) is 12.8. The normalized spacial score (nSPS) is 17.4. The molecular formula is C14H27N3O3. The first-order chi connectivity index (χ1) is 9.47. The lowest BCUT2D eigenvalue weighted by Gasteiger charge is -2.36. The van der Waals surface area contributed by atoms with E-state index in [0.29, 0.717) is 39.2 Å². The third-order valence-electron chi connectivity index (χ3n) is 3.58. The molecule has 1 fully saturated rings. The van der Waals surface area contributed by atoms with E-state index in [1.165, 1.54) is 0 Å². The molecule has 0 aromatic heterocycles. The first kappa shape index (κ1) is 16.9. The molecular weight excluding hydrogens is 258 g/mol. The topological polar surface area (TPSA) is 75.9 Å². The molecule has 0 spiro atoms. The van der Waals surface area contributed by atoms with Gasteiger partial charge in [-0.2, -0.15) is 0 Å². The SMILES string of the molecule is COCCCC(N)C(=O)N1CCN(C(=O)C(C)C)CC1. The average molecular weight is 285 g/mol. The smallest absolute Gasteiger partial charge is 0.239 e. The van der Waals surface area contributed by atoms with Crippen LogP contribution in [0.1, 0.15) is 26.7 Å². The molecule has 6 nitrogen and oxygen atoms in total. The van der Waals surface area contributed by atoms with Crippen molar-refractivity contribution in [3.8, 4) is 0 Å². The molecule has 0 saturated carbocycles. The molecule has 1 heterocycles. The Kier molecular flexibility index (Phi) is 6.95. The van der Waals surface area contributed by atoms with Crippen LogP contribution in [-0.4, -0.2) is 67.6 Å². The summed E-state index contributed by atoms with van der Waals surface area (Å²) in [5, 5.41) is 0. The second-order valence-electron chi connectivity index (χ2n) is 5.55. The number of methoxy groups -OCH3 is 1. The second-order valence-corrected chi connectivity index (χ2v) is 5.55. The number of nitrogens with two attached hydrogens (primary N) is 1. The number of carbonyl (C=O) groups is 2. The predicted octanol–water partition coefficient (Wildman–Crippen LogP) is 0.0671. The maximum Gasteiger partial charge on any atom is 0.239 e. The Balaban J connectivity index is 2.37. The number of piperazine rings is 1. The number of nitrogens with zero attached hydrogens (tertiary/aromatic N) is 2. The molecule has 2 amide bonds. The van der Waals surface area contributed by atoms with E-state index in [1.54, 1.807) is 12.0 Å². The van der Waals surface area contributed by atoms with Gasteiger partial charge in [0.05, 0.1) is 6.04 Å². The molecule has 0 bridgehead atoms. The van der Waals surface area contributed by atoms with Crippen LogP contribution in [0.5, 0.6) is 0 Å². The Bertz CT molecular complexity index is 326. The summed E-state index contributed by atoms with van der Waals surface area (Å²) in [5.74, 6) is 0.146. The van der Waals surface area contributed by atoms with Crippen molar-refractivity contribution in [2.24, 2.45) is 11.7 Å². The highest BCUT2D eigenvalue weighted by atomic mass is 16.5. The standard InChI is InChI=1S/C14H27N3O3/c1-11(2)13(18)16-6-8-17(9-7-16)14(19)12(15)5-4-10-20-3/h11-12H,4-10,15H2,1-3H3. The van der Waals surface area contributed by atoms with E-state index in [-0.39, 0.29) is 17.7 Å². The van der Waals surface area contributed by atoms with Crippen molar-refractivity contribution >= 4 is 11.8 Å². The summed E-state index contributed by atoms with van der Waals surface area (Å²) in [4.78, 5) is 27.6. The molecule has 0 radical (unpaired) electrons. The molecule has 0 aromatic rings. The van der Waals surface area contributed by atoms with E-state index in [4.69, 9.17) is 10.5 Å². The summed E-state index contributed by atoms with van der Waals surface area (Å²) < 4.78 is 4.96. The zero-order chi connectivity index (χ0) is 15.1. The molecule has 1 saturated heterocycles. The van der Waals surface area contributed by atoms with Crippen LogP contribution in [0.4, 0.5) is 0 Å². The van der Waals surface area contributed by atoms with Crippen molar-refractivity contribution in [1.29, 1.82) is 0 Å². The minimum Gasteiger partial charge on any atom is -0.385 e. The molecule has 2 N–H and O–H groups in total. The third-order valence-corrected chi connectivity index (χ3v) is 3.58. The highest BCUT2D eigenvalue weighted by molar-refractivity contribution is 5.82. The largest absolute Gasteiger partial charge is 0.385 e. The maximum atomic E-state index is 12.2. The number of ether oxygens (including phenoxy) is 1. The highest BCUT2D eigenvalue weighted by Crippen LogP contribution is 2.09. The second kappa shape index (κ2) is 8.21. The van der Waals surface area contributed by atoms with Gasteiger partial charge in [0.15, 0.2) is 0 Å².